The Bertz CT molecular complexity index is 451. The van der Waals surface area contributed by atoms with Crippen LogP contribution in [0.4, 0.5) is 0 Å². The summed E-state index contributed by atoms with van der Waals surface area (Å²) in [6.45, 7) is 0.469. The highest BCUT2D eigenvalue weighted by molar-refractivity contribution is 5.75. The maximum absolute atomic E-state index is 11.6. The summed E-state index contributed by atoms with van der Waals surface area (Å²) in [4.78, 5) is 16.9. The molecule has 0 saturated carbocycles. The van der Waals surface area contributed by atoms with Crippen LogP contribution in [0.1, 0.15) is 12.2 Å². The van der Waals surface area contributed by atoms with Gasteiger partial charge in [0.2, 0.25) is 11.7 Å². The summed E-state index contributed by atoms with van der Waals surface area (Å²) in [6.07, 6.45) is 3.35. The van der Waals surface area contributed by atoms with Crippen molar-refractivity contribution in [2.24, 2.45) is 0 Å². The zero-order chi connectivity index (χ0) is 12.0. The highest BCUT2D eigenvalue weighted by Gasteiger charge is 2.11. The van der Waals surface area contributed by atoms with Gasteiger partial charge in [-0.25, -0.2) is 4.98 Å². The minimum Gasteiger partial charge on any atom is -0.343 e. The summed E-state index contributed by atoms with van der Waals surface area (Å²) < 4.78 is 1.48. The van der Waals surface area contributed by atoms with Gasteiger partial charge in [0, 0.05) is 26.0 Å². The number of rotatable bonds is 4. The van der Waals surface area contributed by atoms with E-state index in [4.69, 9.17) is 10.5 Å². The summed E-state index contributed by atoms with van der Waals surface area (Å²) in [7, 11) is 1.63. The number of nitrogens with zero attached hydrogens (tertiary/aromatic N) is 5. The number of nitriles is 2. The van der Waals surface area contributed by atoms with Crippen molar-refractivity contribution in [3.05, 3.63) is 18.2 Å². The fraction of sp³-hybridized carbons (Fsp3) is 0.400. The van der Waals surface area contributed by atoms with Crippen LogP contribution in [0.2, 0.25) is 0 Å². The first-order valence-electron chi connectivity index (χ1n) is 4.71. The topological polar surface area (TPSA) is 85.7 Å². The Balaban J connectivity index is 2.59. The molecule has 0 atom stereocenters. The van der Waals surface area contributed by atoms with E-state index in [-0.39, 0.29) is 18.3 Å². The van der Waals surface area contributed by atoms with Crippen LogP contribution in [-0.4, -0.2) is 34.0 Å². The van der Waals surface area contributed by atoms with Crippen molar-refractivity contribution in [1.29, 1.82) is 10.5 Å². The van der Waals surface area contributed by atoms with Crippen LogP contribution >= 0.6 is 0 Å². The standard InChI is InChI=1S/C10H11N5O/c1-14(5-2-3-11)10(16)8-15-6-4-13-9(15)7-12/h4,6H,2,5,8H2,1H3. The molecule has 16 heavy (non-hydrogen) atoms. The molecule has 1 amide bonds. The number of amides is 1. The van der Waals surface area contributed by atoms with E-state index in [1.807, 2.05) is 12.1 Å². The second-order valence-electron chi connectivity index (χ2n) is 3.21. The van der Waals surface area contributed by atoms with Gasteiger partial charge in [-0.15, -0.1) is 0 Å². The molecule has 0 aliphatic rings. The SMILES string of the molecule is CN(CCC#N)C(=O)Cn1ccnc1C#N. The quantitative estimate of drug-likeness (QED) is 0.717. The predicted octanol–water partition coefficient (Wildman–Crippen LogP) is 0.127. The molecule has 0 aromatic carbocycles. The summed E-state index contributed by atoms with van der Waals surface area (Å²) in [5, 5.41) is 17.1. The molecule has 1 rings (SSSR count). The summed E-state index contributed by atoms with van der Waals surface area (Å²) in [5.41, 5.74) is 0. The van der Waals surface area contributed by atoms with Gasteiger partial charge >= 0.3 is 0 Å². The number of hydrogen-bond acceptors (Lipinski definition) is 4. The van der Waals surface area contributed by atoms with Gasteiger partial charge in [-0.05, 0) is 0 Å². The molecule has 0 aliphatic carbocycles. The number of aromatic nitrogens is 2. The van der Waals surface area contributed by atoms with Crippen molar-refractivity contribution in [3.8, 4) is 12.1 Å². The average molecular weight is 217 g/mol. The van der Waals surface area contributed by atoms with Crippen LogP contribution in [0, 0.1) is 22.7 Å². The van der Waals surface area contributed by atoms with Crippen molar-refractivity contribution in [2.45, 2.75) is 13.0 Å². The van der Waals surface area contributed by atoms with Gasteiger partial charge in [0.15, 0.2) is 0 Å². The largest absolute Gasteiger partial charge is 0.343 e. The molecule has 1 aromatic rings. The van der Waals surface area contributed by atoms with Crippen molar-refractivity contribution >= 4 is 5.91 Å². The van der Waals surface area contributed by atoms with E-state index in [0.717, 1.165) is 0 Å². The van der Waals surface area contributed by atoms with E-state index in [2.05, 4.69) is 4.98 Å². The minimum atomic E-state index is -0.148. The smallest absolute Gasteiger partial charge is 0.242 e. The number of likely N-dealkylation sites (N-methyl/N-ethyl adjacent to an activating group) is 1. The van der Waals surface area contributed by atoms with Crippen molar-refractivity contribution < 1.29 is 4.79 Å². The first-order chi connectivity index (χ1) is 7.69. The molecule has 1 heterocycles. The molecule has 6 heteroatoms. The molecule has 0 unspecified atom stereocenters. The van der Waals surface area contributed by atoms with Gasteiger partial charge in [-0.3, -0.25) is 4.79 Å². The van der Waals surface area contributed by atoms with E-state index < -0.39 is 0 Å². The monoisotopic (exact) mass is 217 g/mol. The number of hydrogen-bond donors (Lipinski definition) is 0. The van der Waals surface area contributed by atoms with Gasteiger partial charge in [0.25, 0.3) is 0 Å². The number of carbonyl (C=O) groups excluding carboxylic acids is 1. The Morgan fingerprint density at radius 3 is 3.00 bits per heavy atom. The fourth-order valence-corrected chi connectivity index (χ4v) is 1.16. The average Bonchev–Trinajstić information content (AvgIpc) is 2.72. The van der Waals surface area contributed by atoms with E-state index in [0.29, 0.717) is 13.0 Å². The van der Waals surface area contributed by atoms with Crippen LogP contribution in [0.15, 0.2) is 12.4 Å². The summed E-state index contributed by atoms with van der Waals surface area (Å²) in [6, 6.07) is 3.86. The summed E-state index contributed by atoms with van der Waals surface area (Å²) >= 11 is 0. The number of carbonyl (C=O) groups is 1. The molecular formula is C10H11N5O. The molecule has 82 valence electrons. The molecule has 0 spiro atoms. The zero-order valence-electron chi connectivity index (χ0n) is 8.92. The lowest BCUT2D eigenvalue weighted by Crippen LogP contribution is -2.31. The Kier molecular flexibility index (Phi) is 4.05. The van der Waals surface area contributed by atoms with Crippen LogP contribution in [0.5, 0.6) is 0 Å². The van der Waals surface area contributed by atoms with Gasteiger partial charge in [-0.2, -0.15) is 10.5 Å². The third-order valence-electron chi connectivity index (χ3n) is 2.11. The fourth-order valence-electron chi connectivity index (χ4n) is 1.16. The van der Waals surface area contributed by atoms with Crippen molar-refractivity contribution in [2.75, 3.05) is 13.6 Å². The van der Waals surface area contributed by atoms with Gasteiger partial charge in [0.1, 0.15) is 12.6 Å². The Labute approximate surface area is 93.3 Å². The van der Waals surface area contributed by atoms with E-state index in [9.17, 15) is 4.79 Å². The van der Waals surface area contributed by atoms with Crippen LogP contribution in [0.3, 0.4) is 0 Å². The first kappa shape index (κ1) is 11.7. The molecule has 6 nitrogen and oxygen atoms in total. The van der Waals surface area contributed by atoms with Crippen molar-refractivity contribution in [3.63, 3.8) is 0 Å². The minimum absolute atomic E-state index is 0.0742. The molecule has 0 radical (unpaired) electrons. The third kappa shape index (κ3) is 2.82. The molecule has 0 N–H and O–H groups in total. The Hall–Kier alpha value is -2.34. The van der Waals surface area contributed by atoms with Gasteiger partial charge in [-0.1, -0.05) is 0 Å². The van der Waals surface area contributed by atoms with Crippen LogP contribution in [0.25, 0.3) is 0 Å². The second kappa shape index (κ2) is 5.52. The molecule has 0 fully saturated rings. The van der Waals surface area contributed by atoms with Gasteiger partial charge in [0.05, 0.1) is 12.5 Å². The summed E-state index contributed by atoms with van der Waals surface area (Å²) in [5.74, 6) is 0.0618. The third-order valence-corrected chi connectivity index (χ3v) is 2.11. The maximum atomic E-state index is 11.6. The Morgan fingerprint density at radius 1 is 1.62 bits per heavy atom. The molecule has 0 saturated heterocycles. The Morgan fingerprint density at radius 2 is 2.38 bits per heavy atom. The van der Waals surface area contributed by atoms with Gasteiger partial charge < -0.3 is 9.47 Å². The second-order valence-corrected chi connectivity index (χ2v) is 3.21. The lowest BCUT2D eigenvalue weighted by molar-refractivity contribution is -0.130. The molecule has 0 aliphatic heterocycles. The van der Waals surface area contributed by atoms with E-state index in [1.165, 1.54) is 15.7 Å². The molecular weight excluding hydrogens is 206 g/mol. The zero-order valence-corrected chi connectivity index (χ0v) is 8.92. The number of imidazole rings is 1. The van der Waals surface area contributed by atoms with E-state index >= 15 is 0 Å². The normalized spacial score (nSPS) is 9.19. The van der Waals surface area contributed by atoms with Crippen molar-refractivity contribution in [1.82, 2.24) is 14.5 Å². The maximum Gasteiger partial charge on any atom is 0.242 e. The first-order valence-corrected chi connectivity index (χ1v) is 4.71. The lowest BCUT2D eigenvalue weighted by atomic mass is 10.4. The molecule has 0 bridgehead atoms. The highest BCUT2D eigenvalue weighted by atomic mass is 16.2. The van der Waals surface area contributed by atoms with Crippen LogP contribution in [-0.2, 0) is 11.3 Å². The molecule has 1 aromatic heterocycles. The van der Waals surface area contributed by atoms with E-state index in [1.54, 1.807) is 13.2 Å². The van der Waals surface area contributed by atoms with Crippen LogP contribution < -0.4 is 0 Å². The highest BCUT2D eigenvalue weighted by Crippen LogP contribution is 1.98. The lowest BCUT2D eigenvalue weighted by Gasteiger charge is -2.15. The predicted molar refractivity (Wildman–Crippen MR) is 54.8 cm³/mol.